The fourth-order valence-electron chi connectivity index (χ4n) is 2.08. The minimum absolute atomic E-state index is 0.164. The Balaban J connectivity index is 2.46. The Labute approximate surface area is 117 Å². The van der Waals surface area contributed by atoms with Crippen molar-refractivity contribution < 1.29 is 22.5 Å². The maximum Gasteiger partial charge on any atom is 0.495 e. The first-order chi connectivity index (χ1) is 8.94. The highest BCUT2D eigenvalue weighted by molar-refractivity contribution is 6.62. The molecule has 1 aromatic carbocycles. The molecule has 0 spiro atoms. The molecule has 2 rings (SSSR count). The van der Waals surface area contributed by atoms with Gasteiger partial charge in [0.25, 0.3) is 5.92 Å². The van der Waals surface area contributed by atoms with Crippen LogP contribution < -0.4 is 5.46 Å². The van der Waals surface area contributed by atoms with Crippen molar-refractivity contribution in [2.24, 2.45) is 0 Å². The molecule has 110 valence electrons. The van der Waals surface area contributed by atoms with Crippen LogP contribution in [0.15, 0.2) is 18.2 Å². The number of benzene rings is 1. The van der Waals surface area contributed by atoms with E-state index >= 15 is 0 Å². The third-order valence-electron chi connectivity index (χ3n) is 4.00. The first-order valence-corrected chi connectivity index (χ1v) is 6.47. The van der Waals surface area contributed by atoms with Crippen molar-refractivity contribution in [1.82, 2.24) is 0 Å². The van der Waals surface area contributed by atoms with Crippen molar-refractivity contribution >= 4 is 12.6 Å². The number of rotatable bonds is 2. The lowest BCUT2D eigenvalue weighted by molar-refractivity contribution is 0.00578. The SMILES string of the molecule is CC(F)(F)c1cc(F)ccc1B1OC(C)(C)C(C)(C)O1. The van der Waals surface area contributed by atoms with Crippen LogP contribution in [0.25, 0.3) is 0 Å². The molecule has 1 heterocycles. The highest BCUT2D eigenvalue weighted by Crippen LogP contribution is 2.37. The van der Waals surface area contributed by atoms with Crippen molar-refractivity contribution in [2.45, 2.75) is 51.7 Å². The van der Waals surface area contributed by atoms with Gasteiger partial charge in [-0.05, 0) is 45.3 Å². The fourth-order valence-corrected chi connectivity index (χ4v) is 2.08. The summed E-state index contributed by atoms with van der Waals surface area (Å²) in [4.78, 5) is 0. The second-order valence-corrected chi connectivity index (χ2v) is 6.21. The molecule has 1 aromatic rings. The van der Waals surface area contributed by atoms with E-state index in [0.29, 0.717) is 0 Å². The molecule has 1 saturated heterocycles. The number of hydrogen-bond donors (Lipinski definition) is 0. The minimum atomic E-state index is -3.17. The summed E-state index contributed by atoms with van der Waals surface area (Å²) in [7, 11) is -0.929. The Bertz CT molecular complexity index is 508. The van der Waals surface area contributed by atoms with Crippen LogP contribution in [0.1, 0.15) is 40.2 Å². The highest BCUT2D eigenvalue weighted by Gasteiger charge is 2.53. The van der Waals surface area contributed by atoms with Gasteiger partial charge in [-0.3, -0.25) is 0 Å². The van der Waals surface area contributed by atoms with Gasteiger partial charge in [0.05, 0.1) is 11.2 Å². The molecule has 0 radical (unpaired) electrons. The molecular formula is C14H18BF3O2. The van der Waals surface area contributed by atoms with Crippen LogP contribution in [-0.2, 0) is 15.2 Å². The van der Waals surface area contributed by atoms with Crippen molar-refractivity contribution in [1.29, 1.82) is 0 Å². The molecule has 0 unspecified atom stereocenters. The van der Waals surface area contributed by atoms with E-state index < -0.39 is 35.6 Å². The molecule has 0 amide bonds. The molecule has 0 atom stereocenters. The van der Waals surface area contributed by atoms with Crippen LogP contribution in [0.4, 0.5) is 13.2 Å². The van der Waals surface area contributed by atoms with Gasteiger partial charge in [0.1, 0.15) is 5.82 Å². The van der Waals surface area contributed by atoms with Crippen LogP contribution in [0.3, 0.4) is 0 Å². The predicted molar refractivity (Wildman–Crippen MR) is 71.7 cm³/mol. The van der Waals surface area contributed by atoms with E-state index in [1.54, 1.807) is 0 Å². The smallest absolute Gasteiger partial charge is 0.399 e. The van der Waals surface area contributed by atoms with E-state index in [0.717, 1.165) is 19.1 Å². The molecule has 0 saturated carbocycles. The molecule has 0 aromatic heterocycles. The van der Waals surface area contributed by atoms with Gasteiger partial charge < -0.3 is 9.31 Å². The zero-order chi connectivity index (χ0) is 15.3. The molecule has 2 nitrogen and oxygen atoms in total. The molecule has 0 N–H and O–H groups in total. The van der Waals surface area contributed by atoms with Gasteiger partial charge in [-0.1, -0.05) is 6.07 Å². The van der Waals surface area contributed by atoms with Crippen LogP contribution in [-0.4, -0.2) is 18.3 Å². The van der Waals surface area contributed by atoms with Gasteiger partial charge in [0, 0.05) is 12.5 Å². The molecule has 1 aliphatic heterocycles. The predicted octanol–water partition coefficient (Wildman–Crippen LogP) is 3.24. The van der Waals surface area contributed by atoms with E-state index in [-0.39, 0.29) is 5.46 Å². The van der Waals surface area contributed by atoms with Crippen molar-refractivity contribution in [3.8, 4) is 0 Å². The van der Waals surface area contributed by atoms with Gasteiger partial charge in [-0.25, -0.2) is 13.2 Å². The normalized spacial score (nSPS) is 21.3. The second-order valence-electron chi connectivity index (χ2n) is 6.21. The van der Waals surface area contributed by atoms with Crippen LogP contribution in [0, 0.1) is 5.82 Å². The Morgan fingerprint density at radius 3 is 2.00 bits per heavy atom. The number of hydrogen-bond acceptors (Lipinski definition) is 2. The number of halogens is 3. The first kappa shape index (κ1) is 15.4. The third-order valence-corrected chi connectivity index (χ3v) is 4.00. The first-order valence-electron chi connectivity index (χ1n) is 6.47. The molecule has 20 heavy (non-hydrogen) atoms. The summed E-state index contributed by atoms with van der Waals surface area (Å²) in [6.07, 6.45) is 0. The highest BCUT2D eigenvalue weighted by atomic mass is 19.3. The van der Waals surface area contributed by atoms with Gasteiger partial charge in [0.15, 0.2) is 0 Å². The Morgan fingerprint density at radius 1 is 1.05 bits per heavy atom. The maximum atomic E-state index is 13.7. The van der Waals surface area contributed by atoms with Crippen LogP contribution in [0.2, 0.25) is 0 Å². The summed E-state index contributed by atoms with van der Waals surface area (Å²) in [5, 5.41) is 0. The Morgan fingerprint density at radius 2 is 1.55 bits per heavy atom. The maximum absolute atomic E-state index is 13.7. The fraction of sp³-hybridized carbons (Fsp3) is 0.571. The van der Waals surface area contributed by atoms with E-state index in [9.17, 15) is 13.2 Å². The standard InChI is InChI=1S/C14H18BF3O2/c1-12(2)13(3,4)20-15(19-12)11-7-6-9(16)8-10(11)14(5,17)18/h6-8H,1-5H3. The zero-order valence-corrected chi connectivity index (χ0v) is 12.3. The lowest BCUT2D eigenvalue weighted by Crippen LogP contribution is -2.41. The molecule has 0 aliphatic carbocycles. The van der Waals surface area contributed by atoms with Crippen molar-refractivity contribution in [3.63, 3.8) is 0 Å². The van der Waals surface area contributed by atoms with E-state index in [2.05, 4.69) is 0 Å². The average molecular weight is 286 g/mol. The van der Waals surface area contributed by atoms with Crippen molar-refractivity contribution in [3.05, 3.63) is 29.6 Å². The minimum Gasteiger partial charge on any atom is -0.399 e. The van der Waals surface area contributed by atoms with Crippen LogP contribution >= 0.6 is 0 Å². The second kappa shape index (κ2) is 4.50. The molecular weight excluding hydrogens is 268 g/mol. The largest absolute Gasteiger partial charge is 0.495 e. The van der Waals surface area contributed by atoms with E-state index in [4.69, 9.17) is 9.31 Å². The number of alkyl halides is 2. The summed E-state index contributed by atoms with van der Waals surface area (Å²) in [6.45, 7) is 8.07. The Kier molecular flexibility index (Phi) is 3.46. The lowest BCUT2D eigenvalue weighted by Gasteiger charge is -2.32. The monoisotopic (exact) mass is 286 g/mol. The summed E-state index contributed by atoms with van der Waals surface area (Å²) >= 11 is 0. The lowest BCUT2D eigenvalue weighted by atomic mass is 9.74. The summed E-state index contributed by atoms with van der Waals surface area (Å²) < 4.78 is 52.1. The van der Waals surface area contributed by atoms with Gasteiger partial charge in [-0.2, -0.15) is 0 Å². The summed E-state index contributed by atoms with van der Waals surface area (Å²) in [5.74, 6) is -3.87. The summed E-state index contributed by atoms with van der Waals surface area (Å²) in [6, 6.07) is 3.26. The van der Waals surface area contributed by atoms with Crippen molar-refractivity contribution in [2.75, 3.05) is 0 Å². The third kappa shape index (κ3) is 2.59. The summed E-state index contributed by atoms with van der Waals surface area (Å²) in [5.41, 5.74) is -1.51. The molecule has 6 heteroatoms. The van der Waals surface area contributed by atoms with Gasteiger partial charge in [0.2, 0.25) is 0 Å². The quantitative estimate of drug-likeness (QED) is 0.777. The average Bonchev–Trinajstić information content (AvgIpc) is 2.46. The molecule has 1 aliphatic rings. The molecule has 1 fully saturated rings. The Hall–Kier alpha value is -1.01. The zero-order valence-electron chi connectivity index (χ0n) is 12.3. The van der Waals surface area contributed by atoms with E-state index in [1.807, 2.05) is 27.7 Å². The molecule has 0 bridgehead atoms. The van der Waals surface area contributed by atoms with E-state index in [1.165, 1.54) is 6.07 Å². The topological polar surface area (TPSA) is 18.5 Å². The van der Waals surface area contributed by atoms with Gasteiger partial charge >= 0.3 is 7.12 Å². The van der Waals surface area contributed by atoms with Gasteiger partial charge in [-0.15, -0.1) is 0 Å². The van der Waals surface area contributed by atoms with Crippen LogP contribution in [0.5, 0.6) is 0 Å².